The van der Waals surface area contributed by atoms with E-state index in [9.17, 15) is 13.2 Å². The maximum Gasteiger partial charge on any atom is 0.223 e. The van der Waals surface area contributed by atoms with Crippen molar-refractivity contribution >= 4 is 15.9 Å². The van der Waals surface area contributed by atoms with Gasteiger partial charge in [0.25, 0.3) is 0 Å². The number of piperidine rings is 1. The van der Waals surface area contributed by atoms with Crippen LogP contribution in [0.25, 0.3) is 0 Å². The van der Waals surface area contributed by atoms with E-state index in [1.54, 1.807) is 6.92 Å². The van der Waals surface area contributed by atoms with E-state index < -0.39 is 10.0 Å². The van der Waals surface area contributed by atoms with Gasteiger partial charge >= 0.3 is 0 Å². The number of benzene rings is 2. The summed E-state index contributed by atoms with van der Waals surface area (Å²) in [4.78, 5) is 12.9. The van der Waals surface area contributed by atoms with Crippen LogP contribution in [0, 0.1) is 5.92 Å². The molecular formula is C22H28N2O3S. The molecule has 1 atom stereocenters. The second-order valence-electron chi connectivity index (χ2n) is 7.24. The molecule has 0 radical (unpaired) electrons. The molecule has 28 heavy (non-hydrogen) atoms. The summed E-state index contributed by atoms with van der Waals surface area (Å²) in [6.45, 7) is 2.49. The SMILES string of the molecule is CCS(=O)(=O)N1CCC(C(=O)NC(Cc2ccccc2)c2ccccc2)CC1. The third kappa shape index (κ3) is 5.20. The number of carbonyl (C=O) groups excluding carboxylic acids is 1. The molecule has 1 saturated heterocycles. The van der Waals surface area contributed by atoms with Crippen LogP contribution in [0.5, 0.6) is 0 Å². The minimum absolute atomic E-state index is 0.0123. The number of nitrogens with one attached hydrogen (secondary N) is 1. The zero-order valence-corrected chi connectivity index (χ0v) is 17.1. The fourth-order valence-corrected chi connectivity index (χ4v) is 4.79. The largest absolute Gasteiger partial charge is 0.349 e. The average Bonchev–Trinajstić information content (AvgIpc) is 2.74. The topological polar surface area (TPSA) is 66.5 Å². The Morgan fingerprint density at radius 2 is 1.61 bits per heavy atom. The monoisotopic (exact) mass is 400 g/mol. The van der Waals surface area contributed by atoms with Gasteiger partial charge in [0, 0.05) is 19.0 Å². The minimum atomic E-state index is -3.18. The lowest BCUT2D eigenvalue weighted by Crippen LogP contribution is -2.44. The summed E-state index contributed by atoms with van der Waals surface area (Å²) in [6, 6.07) is 20.0. The second-order valence-corrected chi connectivity index (χ2v) is 9.49. The standard InChI is InChI=1S/C22H28N2O3S/c1-2-28(26,27)24-15-13-20(14-16-24)22(25)23-21(19-11-7-4-8-12-19)17-18-9-5-3-6-10-18/h3-12,20-21H,2,13-17H2,1H3,(H,23,25). The van der Waals surface area contributed by atoms with Crippen LogP contribution >= 0.6 is 0 Å². The Morgan fingerprint density at radius 1 is 1.04 bits per heavy atom. The van der Waals surface area contributed by atoms with E-state index in [0.29, 0.717) is 25.9 Å². The second kappa shape index (κ2) is 9.34. The first-order chi connectivity index (χ1) is 13.5. The molecule has 1 aliphatic heterocycles. The highest BCUT2D eigenvalue weighted by atomic mass is 32.2. The van der Waals surface area contributed by atoms with Gasteiger partial charge in [0.15, 0.2) is 0 Å². The molecule has 0 saturated carbocycles. The first-order valence-electron chi connectivity index (χ1n) is 9.86. The molecule has 3 rings (SSSR count). The van der Waals surface area contributed by atoms with E-state index in [-0.39, 0.29) is 23.6 Å². The van der Waals surface area contributed by atoms with Crippen LogP contribution in [-0.4, -0.2) is 37.5 Å². The van der Waals surface area contributed by atoms with Crippen molar-refractivity contribution in [3.63, 3.8) is 0 Å². The number of nitrogens with zero attached hydrogens (tertiary/aromatic N) is 1. The number of amides is 1. The summed E-state index contributed by atoms with van der Waals surface area (Å²) in [6.07, 6.45) is 1.86. The molecule has 150 valence electrons. The quantitative estimate of drug-likeness (QED) is 0.776. The summed E-state index contributed by atoms with van der Waals surface area (Å²) in [5.74, 6) is -0.0274. The molecule has 1 heterocycles. The van der Waals surface area contributed by atoms with E-state index in [1.807, 2.05) is 48.5 Å². The molecule has 5 nitrogen and oxygen atoms in total. The molecule has 6 heteroatoms. The van der Waals surface area contributed by atoms with E-state index in [1.165, 1.54) is 9.87 Å². The van der Waals surface area contributed by atoms with Gasteiger partial charge in [-0.2, -0.15) is 0 Å². The van der Waals surface area contributed by atoms with Gasteiger partial charge in [0.1, 0.15) is 0 Å². The Kier molecular flexibility index (Phi) is 6.86. The highest BCUT2D eigenvalue weighted by Crippen LogP contribution is 2.23. The van der Waals surface area contributed by atoms with Crippen molar-refractivity contribution in [3.8, 4) is 0 Å². The highest BCUT2D eigenvalue weighted by molar-refractivity contribution is 7.89. The summed E-state index contributed by atoms with van der Waals surface area (Å²) < 4.78 is 25.6. The number of hydrogen-bond acceptors (Lipinski definition) is 3. The maximum atomic E-state index is 12.9. The Bertz CT molecular complexity index is 861. The Labute approximate surface area is 167 Å². The Morgan fingerprint density at radius 3 is 2.18 bits per heavy atom. The summed E-state index contributed by atoms with van der Waals surface area (Å²) in [5.41, 5.74) is 2.24. The fourth-order valence-electron chi connectivity index (χ4n) is 3.66. The van der Waals surface area contributed by atoms with Crippen molar-refractivity contribution in [2.45, 2.75) is 32.2 Å². The van der Waals surface area contributed by atoms with E-state index in [4.69, 9.17) is 0 Å². The smallest absolute Gasteiger partial charge is 0.223 e. The predicted octanol–water partition coefficient (Wildman–Crippen LogP) is 3.15. The molecule has 0 bridgehead atoms. The zero-order chi connectivity index (χ0) is 20.0. The highest BCUT2D eigenvalue weighted by Gasteiger charge is 2.31. The van der Waals surface area contributed by atoms with Crippen LogP contribution in [0.2, 0.25) is 0 Å². The molecule has 0 aliphatic carbocycles. The lowest BCUT2D eigenvalue weighted by molar-refractivity contribution is -0.126. The van der Waals surface area contributed by atoms with Gasteiger partial charge in [-0.3, -0.25) is 4.79 Å². The van der Waals surface area contributed by atoms with E-state index in [0.717, 1.165) is 12.0 Å². The predicted molar refractivity (Wildman–Crippen MR) is 111 cm³/mol. The van der Waals surface area contributed by atoms with E-state index in [2.05, 4.69) is 17.4 Å². The zero-order valence-electron chi connectivity index (χ0n) is 16.3. The van der Waals surface area contributed by atoms with Crippen LogP contribution < -0.4 is 5.32 Å². The van der Waals surface area contributed by atoms with Gasteiger partial charge in [-0.05, 0) is 37.3 Å². The van der Waals surface area contributed by atoms with Crippen LogP contribution in [0.4, 0.5) is 0 Å². The van der Waals surface area contributed by atoms with Gasteiger partial charge in [-0.25, -0.2) is 12.7 Å². The molecule has 1 N–H and O–H groups in total. The van der Waals surface area contributed by atoms with Crippen molar-refractivity contribution in [1.29, 1.82) is 0 Å². The number of rotatable bonds is 7. The first kappa shape index (κ1) is 20.6. The van der Waals surface area contributed by atoms with Gasteiger partial charge in [0.2, 0.25) is 15.9 Å². The third-order valence-corrected chi connectivity index (χ3v) is 7.27. The maximum absolute atomic E-state index is 12.9. The molecule has 1 aliphatic rings. The summed E-state index contributed by atoms with van der Waals surface area (Å²) in [5, 5.41) is 3.21. The summed E-state index contributed by atoms with van der Waals surface area (Å²) in [7, 11) is -3.18. The molecule has 2 aromatic rings. The lowest BCUT2D eigenvalue weighted by Gasteiger charge is -2.31. The third-order valence-electron chi connectivity index (χ3n) is 5.38. The molecule has 2 aromatic carbocycles. The van der Waals surface area contributed by atoms with Crippen LogP contribution in [0.1, 0.15) is 36.9 Å². The first-order valence-corrected chi connectivity index (χ1v) is 11.5. The average molecular weight is 401 g/mol. The molecule has 1 fully saturated rings. The molecule has 0 spiro atoms. The van der Waals surface area contributed by atoms with Gasteiger partial charge < -0.3 is 5.32 Å². The Hall–Kier alpha value is -2.18. The summed E-state index contributed by atoms with van der Waals surface area (Å²) >= 11 is 0. The lowest BCUT2D eigenvalue weighted by atomic mass is 9.94. The van der Waals surface area contributed by atoms with E-state index >= 15 is 0 Å². The van der Waals surface area contributed by atoms with Gasteiger partial charge in [0.05, 0.1) is 11.8 Å². The van der Waals surface area contributed by atoms with Crippen molar-refractivity contribution in [3.05, 3.63) is 71.8 Å². The number of carbonyl (C=O) groups is 1. The van der Waals surface area contributed by atoms with Crippen molar-refractivity contribution < 1.29 is 13.2 Å². The minimum Gasteiger partial charge on any atom is -0.349 e. The normalized spacial score (nSPS) is 17.2. The molecular weight excluding hydrogens is 372 g/mol. The molecule has 1 unspecified atom stereocenters. The van der Waals surface area contributed by atoms with Crippen LogP contribution in [-0.2, 0) is 21.2 Å². The molecule has 0 aromatic heterocycles. The number of hydrogen-bond donors (Lipinski definition) is 1. The van der Waals surface area contributed by atoms with Crippen LogP contribution in [0.3, 0.4) is 0 Å². The van der Waals surface area contributed by atoms with Crippen molar-refractivity contribution in [1.82, 2.24) is 9.62 Å². The molecule has 1 amide bonds. The van der Waals surface area contributed by atoms with Crippen molar-refractivity contribution in [2.24, 2.45) is 5.92 Å². The van der Waals surface area contributed by atoms with Crippen molar-refractivity contribution in [2.75, 3.05) is 18.8 Å². The Balaban J connectivity index is 1.67. The fraction of sp³-hybridized carbons (Fsp3) is 0.409. The number of sulfonamides is 1. The van der Waals surface area contributed by atoms with Gasteiger partial charge in [-0.15, -0.1) is 0 Å². The van der Waals surface area contributed by atoms with Gasteiger partial charge in [-0.1, -0.05) is 60.7 Å². The van der Waals surface area contributed by atoms with Crippen LogP contribution in [0.15, 0.2) is 60.7 Å².